The van der Waals surface area contributed by atoms with Crippen LogP contribution in [-0.4, -0.2) is 9.97 Å². The van der Waals surface area contributed by atoms with Gasteiger partial charge in [-0.15, -0.1) is 71.3 Å². The van der Waals surface area contributed by atoms with Crippen LogP contribution in [0.4, 0.5) is 0 Å². The van der Waals surface area contributed by atoms with Crippen molar-refractivity contribution in [2.75, 3.05) is 0 Å². The van der Waals surface area contributed by atoms with E-state index in [0.717, 1.165) is 22.5 Å². The Morgan fingerprint density at radius 3 is 1.73 bits per heavy atom. The van der Waals surface area contributed by atoms with Crippen LogP contribution in [0.15, 0.2) is 91.3 Å². The van der Waals surface area contributed by atoms with Gasteiger partial charge in [0.1, 0.15) is 0 Å². The predicted octanol–water partition coefficient (Wildman–Crippen LogP) is 5.40. The maximum absolute atomic E-state index is 4.25. The third-order valence-electron chi connectivity index (χ3n) is 3.56. The molecule has 4 aromatic rings. The molecule has 4 rings (SSSR count). The summed E-state index contributed by atoms with van der Waals surface area (Å²) in [5, 5.41) is 0. The van der Waals surface area contributed by atoms with Crippen LogP contribution < -0.4 is 0 Å². The summed E-state index contributed by atoms with van der Waals surface area (Å²) in [6.07, 6.45) is 3.58. The number of nitrogens with zero attached hydrogens (tertiary/aromatic N) is 2. The van der Waals surface area contributed by atoms with E-state index in [2.05, 4.69) is 35.1 Å². The third kappa shape index (κ3) is 5.73. The SMILES string of the molecule is Cc1c[c-]c(-c2ccccn2)cc1.[Ir].[c-]1ccccc1-c1ccccn1. The number of hydrogen-bond donors (Lipinski definition) is 0. The number of hydrogen-bond acceptors (Lipinski definition) is 2. The summed E-state index contributed by atoms with van der Waals surface area (Å²) in [5.74, 6) is 0. The van der Waals surface area contributed by atoms with Gasteiger partial charge in [0.05, 0.1) is 0 Å². The van der Waals surface area contributed by atoms with E-state index in [0.29, 0.717) is 0 Å². The molecule has 0 amide bonds. The molecule has 0 N–H and O–H groups in total. The number of aryl methyl sites for hydroxylation is 1. The van der Waals surface area contributed by atoms with Crippen LogP contribution in [-0.2, 0) is 20.1 Å². The van der Waals surface area contributed by atoms with Crippen molar-refractivity contribution in [2.45, 2.75) is 6.92 Å². The van der Waals surface area contributed by atoms with Crippen molar-refractivity contribution in [3.05, 3.63) is 109 Å². The summed E-state index contributed by atoms with van der Waals surface area (Å²) < 4.78 is 0. The van der Waals surface area contributed by atoms with Crippen LogP contribution >= 0.6 is 0 Å². The second-order valence-corrected chi connectivity index (χ2v) is 5.49. The Bertz CT molecular complexity index is 840. The zero-order valence-corrected chi connectivity index (χ0v) is 16.8. The topological polar surface area (TPSA) is 25.8 Å². The zero-order chi connectivity index (χ0) is 17.3. The van der Waals surface area contributed by atoms with Gasteiger partial charge in [0.15, 0.2) is 0 Å². The minimum absolute atomic E-state index is 0. The van der Waals surface area contributed by atoms with Gasteiger partial charge in [-0.2, -0.15) is 0 Å². The van der Waals surface area contributed by atoms with Crippen LogP contribution in [0.2, 0.25) is 0 Å². The van der Waals surface area contributed by atoms with Gasteiger partial charge in [-0.25, -0.2) is 0 Å². The van der Waals surface area contributed by atoms with Gasteiger partial charge in [-0.05, 0) is 23.5 Å². The molecule has 0 spiro atoms. The molecule has 26 heavy (non-hydrogen) atoms. The molecule has 0 aliphatic rings. The first-order valence-corrected chi connectivity index (χ1v) is 8.11. The van der Waals surface area contributed by atoms with E-state index in [4.69, 9.17) is 0 Å². The fourth-order valence-electron chi connectivity index (χ4n) is 2.26. The van der Waals surface area contributed by atoms with Crippen molar-refractivity contribution >= 4 is 0 Å². The van der Waals surface area contributed by atoms with E-state index < -0.39 is 0 Å². The minimum Gasteiger partial charge on any atom is -0.305 e. The maximum Gasteiger partial charge on any atom is 0.0160 e. The van der Waals surface area contributed by atoms with Crippen LogP contribution in [0, 0.1) is 19.1 Å². The van der Waals surface area contributed by atoms with Gasteiger partial charge in [0, 0.05) is 32.5 Å². The van der Waals surface area contributed by atoms with Crippen LogP contribution in [0.5, 0.6) is 0 Å². The zero-order valence-electron chi connectivity index (χ0n) is 14.4. The van der Waals surface area contributed by atoms with Gasteiger partial charge in [-0.1, -0.05) is 31.2 Å². The fraction of sp³-hybridized carbons (Fsp3) is 0.0435. The number of rotatable bonds is 2. The molecule has 0 saturated heterocycles. The Balaban J connectivity index is 0.000000180. The first-order chi connectivity index (χ1) is 12.3. The molecule has 0 aliphatic carbocycles. The van der Waals surface area contributed by atoms with Crippen LogP contribution in [0.25, 0.3) is 22.5 Å². The Kier molecular flexibility index (Phi) is 7.88. The molecule has 0 aliphatic heterocycles. The molecule has 2 heterocycles. The molecule has 1 radical (unpaired) electrons. The summed E-state index contributed by atoms with van der Waals surface area (Å²) in [7, 11) is 0. The average Bonchev–Trinajstić information content (AvgIpc) is 2.71. The van der Waals surface area contributed by atoms with Crippen molar-refractivity contribution in [3.8, 4) is 22.5 Å². The Morgan fingerprint density at radius 1 is 0.654 bits per heavy atom. The van der Waals surface area contributed by atoms with Crippen molar-refractivity contribution in [1.82, 2.24) is 9.97 Å². The average molecular weight is 515 g/mol. The van der Waals surface area contributed by atoms with E-state index in [1.807, 2.05) is 72.8 Å². The largest absolute Gasteiger partial charge is 0.305 e. The summed E-state index contributed by atoms with van der Waals surface area (Å²) in [4.78, 5) is 8.47. The molecule has 131 valence electrons. The molecule has 0 saturated carbocycles. The van der Waals surface area contributed by atoms with E-state index in [9.17, 15) is 0 Å². The van der Waals surface area contributed by atoms with Gasteiger partial charge < -0.3 is 9.97 Å². The summed E-state index contributed by atoms with van der Waals surface area (Å²) >= 11 is 0. The minimum atomic E-state index is 0. The van der Waals surface area contributed by atoms with E-state index in [-0.39, 0.29) is 20.1 Å². The normalized spacial score (nSPS) is 9.42. The number of aromatic nitrogens is 2. The molecular formula is C23H18IrN2-2. The van der Waals surface area contributed by atoms with E-state index in [1.165, 1.54) is 5.56 Å². The molecule has 0 bridgehead atoms. The van der Waals surface area contributed by atoms with Crippen molar-refractivity contribution < 1.29 is 20.1 Å². The second kappa shape index (κ2) is 10.4. The van der Waals surface area contributed by atoms with Gasteiger partial charge in [-0.3, -0.25) is 0 Å². The molecule has 0 fully saturated rings. The van der Waals surface area contributed by atoms with Crippen molar-refractivity contribution in [1.29, 1.82) is 0 Å². The first-order valence-electron chi connectivity index (χ1n) is 8.11. The molecule has 0 unspecified atom stereocenters. The first kappa shape index (κ1) is 19.7. The van der Waals surface area contributed by atoms with Crippen LogP contribution in [0.3, 0.4) is 0 Å². The molecule has 3 heteroatoms. The Hall–Kier alpha value is -2.61. The Morgan fingerprint density at radius 2 is 1.27 bits per heavy atom. The molecule has 0 atom stereocenters. The summed E-state index contributed by atoms with van der Waals surface area (Å²) in [6, 6.07) is 32.0. The van der Waals surface area contributed by atoms with Crippen molar-refractivity contribution in [2.24, 2.45) is 0 Å². The van der Waals surface area contributed by atoms with Crippen LogP contribution in [0.1, 0.15) is 5.56 Å². The smallest absolute Gasteiger partial charge is 0.0160 e. The number of benzene rings is 2. The van der Waals surface area contributed by atoms with E-state index >= 15 is 0 Å². The number of pyridine rings is 2. The third-order valence-corrected chi connectivity index (χ3v) is 3.56. The second-order valence-electron chi connectivity index (χ2n) is 5.49. The van der Waals surface area contributed by atoms with Gasteiger partial charge in [0.25, 0.3) is 0 Å². The van der Waals surface area contributed by atoms with Gasteiger partial charge in [0.2, 0.25) is 0 Å². The van der Waals surface area contributed by atoms with Gasteiger partial charge >= 0.3 is 0 Å². The fourth-order valence-corrected chi connectivity index (χ4v) is 2.26. The van der Waals surface area contributed by atoms with E-state index in [1.54, 1.807) is 12.4 Å². The Labute approximate surface area is 168 Å². The quantitative estimate of drug-likeness (QED) is 0.335. The molecule has 2 aromatic heterocycles. The summed E-state index contributed by atoms with van der Waals surface area (Å²) in [5.41, 5.74) is 5.25. The molecular weight excluding hydrogens is 496 g/mol. The predicted molar refractivity (Wildman–Crippen MR) is 102 cm³/mol. The summed E-state index contributed by atoms with van der Waals surface area (Å²) in [6.45, 7) is 2.05. The molecule has 2 nitrogen and oxygen atoms in total. The standard InChI is InChI=1S/C12H10N.C11H8N.Ir/c1-10-5-7-11(8-6-10)12-4-2-3-9-13-12;1-2-6-10(7-3-1)11-8-4-5-9-12-11;/h2-7,9H,1H3;1-6,8-9H;/q2*-1;. The maximum atomic E-state index is 4.25. The molecule has 2 aromatic carbocycles. The monoisotopic (exact) mass is 515 g/mol. The van der Waals surface area contributed by atoms with Crippen molar-refractivity contribution in [3.63, 3.8) is 0 Å².